The summed E-state index contributed by atoms with van der Waals surface area (Å²) in [6.07, 6.45) is 2.16. The standard InChI is InChI=1S/C24H26N4O3S/c1-16-8-10-28(11-9-16)22(29)14-32-24-26-19-5-3-2-4-18(19)23(27-24)25-13-17-6-7-20-21(12-17)31-15-30-20/h2-7,12,16H,8-11,13-15H2,1H3,(H,25,26,27). The van der Waals surface area contributed by atoms with Gasteiger partial charge < -0.3 is 19.7 Å². The van der Waals surface area contributed by atoms with Gasteiger partial charge in [0, 0.05) is 25.0 Å². The Hall–Kier alpha value is -3.00. The summed E-state index contributed by atoms with van der Waals surface area (Å²) in [6, 6.07) is 13.8. The molecule has 3 heterocycles. The molecule has 2 aliphatic rings. The summed E-state index contributed by atoms with van der Waals surface area (Å²) in [4.78, 5) is 24.0. The summed E-state index contributed by atoms with van der Waals surface area (Å²) < 4.78 is 10.9. The zero-order valence-corrected chi connectivity index (χ0v) is 18.9. The van der Waals surface area contributed by atoms with Gasteiger partial charge in [0.05, 0.1) is 11.3 Å². The predicted octanol–water partition coefficient (Wildman–Crippen LogP) is 4.32. The van der Waals surface area contributed by atoms with E-state index in [4.69, 9.17) is 14.5 Å². The molecule has 8 heteroatoms. The topological polar surface area (TPSA) is 76.6 Å². The van der Waals surface area contributed by atoms with Crippen molar-refractivity contribution in [2.45, 2.75) is 31.5 Å². The SMILES string of the molecule is CC1CCN(C(=O)CSc2nc(NCc3ccc4c(c3)OCO4)c3ccccc3n2)CC1. The molecule has 1 amide bonds. The molecule has 7 nitrogen and oxygen atoms in total. The van der Waals surface area contributed by atoms with Crippen molar-refractivity contribution in [3.05, 3.63) is 48.0 Å². The highest BCUT2D eigenvalue weighted by molar-refractivity contribution is 7.99. The minimum absolute atomic E-state index is 0.161. The number of aromatic nitrogens is 2. The Labute approximate surface area is 191 Å². The fraction of sp³-hybridized carbons (Fsp3) is 0.375. The molecule has 0 bridgehead atoms. The van der Waals surface area contributed by atoms with Crippen LogP contribution in [0.15, 0.2) is 47.6 Å². The van der Waals surface area contributed by atoms with Crippen molar-refractivity contribution in [3.63, 3.8) is 0 Å². The van der Waals surface area contributed by atoms with Crippen LogP contribution in [0.4, 0.5) is 5.82 Å². The lowest BCUT2D eigenvalue weighted by atomic mass is 9.99. The number of carbonyl (C=O) groups excluding carboxylic acids is 1. The number of benzene rings is 2. The van der Waals surface area contributed by atoms with E-state index in [0.717, 1.165) is 59.7 Å². The molecular weight excluding hydrogens is 424 g/mol. The van der Waals surface area contributed by atoms with Crippen LogP contribution in [0.5, 0.6) is 11.5 Å². The van der Waals surface area contributed by atoms with E-state index in [2.05, 4.69) is 17.2 Å². The first-order valence-corrected chi connectivity index (χ1v) is 11.9. The molecule has 1 saturated heterocycles. The smallest absolute Gasteiger partial charge is 0.233 e. The minimum atomic E-state index is 0.161. The number of amides is 1. The second-order valence-electron chi connectivity index (χ2n) is 8.27. The first kappa shape index (κ1) is 20.9. The molecule has 166 valence electrons. The molecule has 0 atom stereocenters. The van der Waals surface area contributed by atoms with Crippen molar-refractivity contribution in [2.75, 3.05) is 31.0 Å². The Morgan fingerprint density at radius 3 is 2.81 bits per heavy atom. The summed E-state index contributed by atoms with van der Waals surface area (Å²) in [5.41, 5.74) is 1.93. The number of para-hydroxylation sites is 1. The van der Waals surface area contributed by atoms with Gasteiger partial charge in [0.25, 0.3) is 0 Å². The van der Waals surface area contributed by atoms with Crippen LogP contribution in [0.2, 0.25) is 0 Å². The first-order valence-electron chi connectivity index (χ1n) is 11.0. The quantitative estimate of drug-likeness (QED) is 0.443. The molecule has 0 aliphatic carbocycles. The van der Waals surface area contributed by atoms with E-state index in [0.29, 0.717) is 23.4 Å². The van der Waals surface area contributed by atoms with E-state index in [1.807, 2.05) is 47.4 Å². The van der Waals surface area contributed by atoms with Crippen LogP contribution < -0.4 is 14.8 Å². The number of likely N-dealkylation sites (tertiary alicyclic amines) is 1. The summed E-state index contributed by atoms with van der Waals surface area (Å²) in [6.45, 7) is 4.80. The molecule has 0 unspecified atom stereocenters. The van der Waals surface area contributed by atoms with Gasteiger partial charge in [-0.1, -0.05) is 36.9 Å². The molecule has 2 aromatic carbocycles. The van der Waals surface area contributed by atoms with Crippen molar-refractivity contribution in [1.29, 1.82) is 0 Å². The van der Waals surface area contributed by atoms with Gasteiger partial charge >= 0.3 is 0 Å². The van der Waals surface area contributed by atoms with Crippen molar-refractivity contribution in [2.24, 2.45) is 5.92 Å². The highest BCUT2D eigenvalue weighted by atomic mass is 32.2. The van der Waals surface area contributed by atoms with Gasteiger partial charge in [-0.3, -0.25) is 4.79 Å². The molecule has 0 saturated carbocycles. The number of hydrogen-bond acceptors (Lipinski definition) is 7. The Bertz CT molecular complexity index is 1130. The molecule has 0 radical (unpaired) electrons. The zero-order valence-electron chi connectivity index (χ0n) is 18.0. The number of nitrogens with one attached hydrogen (secondary N) is 1. The third-order valence-corrected chi connectivity index (χ3v) is 6.77. The molecule has 1 aromatic heterocycles. The lowest BCUT2D eigenvalue weighted by Crippen LogP contribution is -2.38. The van der Waals surface area contributed by atoms with E-state index in [1.54, 1.807) is 0 Å². The number of ether oxygens (including phenoxy) is 2. The summed E-state index contributed by atoms with van der Waals surface area (Å²) in [5.74, 6) is 3.51. The average molecular weight is 451 g/mol. The summed E-state index contributed by atoms with van der Waals surface area (Å²) in [7, 11) is 0. The van der Waals surface area contributed by atoms with Crippen LogP contribution >= 0.6 is 11.8 Å². The highest BCUT2D eigenvalue weighted by Crippen LogP contribution is 2.33. The summed E-state index contributed by atoms with van der Waals surface area (Å²) >= 11 is 1.40. The summed E-state index contributed by atoms with van der Waals surface area (Å²) in [5, 5.41) is 4.99. The van der Waals surface area contributed by atoms with Gasteiger partial charge in [0.2, 0.25) is 12.7 Å². The van der Waals surface area contributed by atoms with Crippen molar-refractivity contribution in [1.82, 2.24) is 14.9 Å². The molecule has 1 fully saturated rings. The van der Waals surface area contributed by atoms with E-state index < -0.39 is 0 Å². The number of fused-ring (bicyclic) bond motifs is 2. The first-order chi connectivity index (χ1) is 15.7. The Morgan fingerprint density at radius 2 is 1.94 bits per heavy atom. The van der Waals surface area contributed by atoms with Crippen LogP contribution in [-0.4, -0.2) is 46.4 Å². The monoisotopic (exact) mass is 450 g/mol. The van der Waals surface area contributed by atoms with E-state index in [-0.39, 0.29) is 12.7 Å². The number of thioether (sulfide) groups is 1. The van der Waals surface area contributed by atoms with Crippen LogP contribution in [0, 0.1) is 5.92 Å². The Morgan fingerprint density at radius 1 is 1.12 bits per heavy atom. The average Bonchev–Trinajstić information content (AvgIpc) is 3.29. The molecule has 1 N–H and O–H groups in total. The van der Waals surface area contributed by atoms with Gasteiger partial charge in [-0.15, -0.1) is 0 Å². The molecule has 0 spiro atoms. The van der Waals surface area contributed by atoms with Crippen LogP contribution in [0.25, 0.3) is 10.9 Å². The van der Waals surface area contributed by atoms with Crippen LogP contribution in [0.1, 0.15) is 25.3 Å². The predicted molar refractivity (Wildman–Crippen MR) is 125 cm³/mol. The zero-order chi connectivity index (χ0) is 21.9. The van der Waals surface area contributed by atoms with Gasteiger partial charge in [0.1, 0.15) is 5.82 Å². The number of hydrogen-bond donors (Lipinski definition) is 1. The van der Waals surface area contributed by atoms with Crippen molar-refractivity contribution in [3.8, 4) is 11.5 Å². The maximum atomic E-state index is 12.6. The van der Waals surface area contributed by atoms with Crippen molar-refractivity contribution >= 4 is 34.4 Å². The fourth-order valence-corrected chi connectivity index (χ4v) is 4.72. The highest BCUT2D eigenvalue weighted by Gasteiger charge is 2.21. The molecule has 2 aliphatic heterocycles. The lowest BCUT2D eigenvalue weighted by molar-refractivity contribution is -0.129. The number of nitrogens with zero attached hydrogens (tertiary/aromatic N) is 3. The van der Waals surface area contributed by atoms with Crippen LogP contribution in [0.3, 0.4) is 0 Å². The maximum absolute atomic E-state index is 12.6. The fourth-order valence-electron chi connectivity index (χ4n) is 3.97. The third-order valence-electron chi connectivity index (χ3n) is 5.94. The number of rotatable bonds is 6. The minimum Gasteiger partial charge on any atom is -0.454 e. The Kier molecular flexibility index (Phi) is 6.03. The lowest BCUT2D eigenvalue weighted by Gasteiger charge is -2.30. The normalized spacial score (nSPS) is 15.8. The van der Waals surface area contributed by atoms with Gasteiger partial charge in [0.15, 0.2) is 16.7 Å². The van der Waals surface area contributed by atoms with Gasteiger partial charge in [-0.2, -0.15) is 0 Å². The van der Waals surface area contributed by atoms with Gasteiger partial charge in [-0.25, -0.2) is 9.97 Å². The van der Waals surface area contributed by atoms with E-state index in [9.17, 15) is 4.79 Å². The number of carbonyl (C=O) groups is 1. The second kappa shape index (κ2) is 9.24. The number of anilines is 1. The second-order valence-corrected chi connectivity index (χ2v) is 9.21. The Balaban J connectivity index is 1.29. The molecular formula is C24H26N4O3S. The largest absolute Gasteiger partial charge is 0.454 e. The van der Waals surface area contributed by atoms with E-state index in [1.165, 1.54) is 11.8 Å². The van der Waals surface area contributed by atoms with Crippen LogP contribution in [-0.2, 0) is 11.3 Å². The maximum Gasteiger partial charge on any atom is 0.233 e. The molecule has 32 heavy (non-hydrogen) atoms. The number of piperidine rings is 1. The molecule has 5 rings (SSSR count). The molecule has 3 aromatic rings. The van der Waals surface area contributed by atoms with E-state index >= 15 is 0 Å². The van der Waals surface area contributed by atoms with Crippen molar-refractivity contribution < 1.29 is 14.3 Å². The van der Waals surface area contributed by atoms with Gasteiger partial charge in [-0.05, 0) is 48.6 Å². The third kappa shape index (κ3) is 4.60.